The first-order chi connectivity index (χ1) is 14.1. The summed E-state index contributed by atoms with van der Waals surface area (Å²) in [5, 5.41) is 7.38. The van der Waals surface area contributed by atoms with Crippen molar-refractivity contribution >= 4 is 17.9 Å². The van der Waals surface area contributed by atoms with Gasteiger partial charge in [0.15, 0.2) is 5.82 Å². The van der Waals surface area contributed by atoms with Crippen molar-refractivity contribution in [2.45, 2.75) is 40.5 Å². The van der Waals surface area contributed by atoms with Crippen LogP contribution >= 0.6 is 0 Å². The molecular formula is C21H33N7O. The van der Waals surface area contributed by atoms with Crippen molar-refractivity contribution < 1.29 is 4.74 Å². The second-order valence-corrected chi connectivity index (χ2v) is 6.90. The summed E-state index contributed by atoms with van der Waals surface area (Å²) in [6.07, 6.45) is 3.63. The van der Waals surface area contributed by atoms with Crippen LogP contribution in [-0.4, -0.2) is 54.5 Å². The van der Waals surface area contributed by atoms with Crippen LogP contribution in [0.4, 0.5) is 11.6 Å². The smallest absolute Gasteiger partial charge is 0.321 e. The van der Waals surface area contributed by atoms with Gasteiger partial charge in [-0.3, -0.25) is 5.43 Å². The van der Waals surface area contributed by atoms with E-state index in [0.717, 1.165) is 37.2 Å². The van der Waals surface area contributed by atoms with Gasteiger partial charge in [0, 0.05) is 19.6 Å². The molecule has 0 saturated carbocycles. The molecule has 0 amide bonds. The summed E-state index contributed by atoms with van der Waals surface area (Å²) >= 11 is 0. The van der Waals surface area contributed by atoms with E-state index in [1.54, 1.807) is 6.21 Å². The first-order valence-electron chi connectivity index (χ1n) is 10.2. The number of nitrogens with one attached hydrogen (secondary N) is 2. The van der Waals surface area contributed by atoms with E-state index in [4.69, 9.17) is 4.74 Å². The molecule has 0 fully saturated rings. The van der Waals surface area contributed by atoms with Crippen LogP contribution in [0.2, 0.25) is 0 Å². The Morgan fingerprint density at radius 3 is 2.55 bits per heavy atom. The van der Waals surface area contributed by atoms with E-state index in [2.05, 4.69) is 74.7 Å². The van der Waals surface area contributed by atoms with E-state index in [0.29, 0.717) is 30.9 Å². The zero-order valence-electron chi connectivity index (χ0n) is 18.2. The van der Waals surface area contributed by atoms with E-state index in [-0.39, 0.29) is 0 Å². The van der Waals surface area contributed by atoms with Gasteiger partial charge in [-0.15, -0.1) is 0 Å². The fraction of sp³-hybridized carbons (Fsp3) is 0.524. The van der Waals surface area contributed by atoms with Crippen LogP contribution in [0.15, 0.2) is 23.3 Å². The maximum Gasteiger partial charge on any atom is 0.321 e. The van der Waals surface area contributed by atoms with Crippen molar-refractivity contribution in [3.63, 3.8) is 0 Å². The van der Waals surface area contributed by atoms with Crippen LogP contribution in [0.25, 0.3) is 0 Å². The lowest BCUT2D eigenvalue weighted by Gasteiger charge is -2.21. The molecule has 0 bridgehead atoms. The molecule has 0 atom stereocenters. The van der Waals surface area contributed by atoms with E-state index in [9.17, 15) is 0 Å². The fourth-order valence-corrected chi connectivity index (χ4v) is 2.74. The monoisotopic (exact) mass is 399 g/mol. The molecule has 158 valence electrons. The Kier molecular flexibility index (Phi) is 9.30. The molecular weight excluding hydrogens is 366 g/mol. The summed E-state index contributed by atoms with van der Waals surface area (Å²) in [5.41, 5.74) is 6.33. The molecule has 8 nitrogen and oxygen atoms in total. The minimum Gasteiger partial charge on any atom is -0.462 e. The first kappa shape index (κ1) is 22.5. The highest BCUT2D eigenvalue weighted by molar-refractivity contribution is 5.76. The van der Waals surface area contributed by atoms with Crippen LogP contribution in [0.5, 0.6) is 6.01 Å². The molecule has 0 aliphatic rings. The molecule has 0 aliphatic heterocycles. The van der Waals surface area contributed by atoms with Crippen LogP contribution in [-0.2, 0) is 0 Å². The highest BCUT2D eigenvalue weighted by Gasteiger charge is 2.13. The number of hydrogen-bond donors (Lipinski definition) is 2. The molecule has 8 heteroatoms. The van der Waals surface area contributed by atoms with E-state index in [1.165, 1.54) is 5.56 Å². The third-order valence-electron chi connectivity index (χ3n) is 4.23. The maximum atomic E-state index is 5.70. The molecule has 2 aromatic rings. The predicted molar refractivity (Wildman–Crippen MR) is 119 cm³/mol. The molecule has 29 heavy (non-hydrogen) atoms. The molecule has 0 spiro atoms. The van der Waals surface area contributed by atoms with Gasteiger partial charge in [0.05, 0.1) is 11.9 Å². The van der Waals surface area contributed by atoms with Crippen LogP contribution < -0.4 is 20.4 Å². The average molecular weight is 400 g/mol. The Morgan fingerprint density at radius 1 is 1.10 bits per heavy atom. The molecule has 2 N–H and O–H groups in total. The van der Waals surface area contributed by atoms with Crippen molar-refractivity contribution in [3.8, 4) is 6.01 Å². The number of hydrogen-bond acceptors (Lipinski definition) is 8. The lowest BCUT2D eigenvalue weighted by atomic mass is 10.1. The number of ether oxygens (including phenoxy) is 1. The Labute approximate surface area is 173 Å². The number of likely N-dealkylation sites (N-methyl/N-ethyl adjacent to an activating group) is 1. The Hall–Kier alpha value is -2.74. The zero-order chi connectivity index (χ0) is 21.1. The number of aryl methyl sites for hydroxylation is 2. The summed E-state index contributed by atoms with van der Waals surface area (Å²) in [7, 11) is 1.88. The number of rotatable bonds is 12. The minimum absolute atomic E-state index is 0.315. The summed E-state index contributed by atoms with van der Waals surface area (Å²) in [5.74, 6) is 1.08. The molecule has 0 unspecified atom stereocenters. The van der Waals surface area contributed by atoms with E-state index < -0.39 is 0 Å². The van der Waals surface area contributed by atoms with Gasteiger partial charge >= 0.3 is 6.01 Å². The topological polar surface area (TPSA) is 87.6 Å². The third-order valence-corrected chi connectivity index (χ3v) is 4.23. The standard InChI is InChI=1S/C21H33N7O/c1-6-11-28(12-7-2)20-24-19(25-21(26-20)29-13-10-22-5)15-23-27-18-14-16(3)8-9-17(18)4/h8-9,14-15,22,27H,6-7,10-13H2,1-5H3/b23-15+. The van der Waals surface area contributed by atoms with Gasteiger partial charge in [-0.05, 0) is 50.9 Å². The molecule has 0 radical (unpaired) electrons. The van der Waals surface area contributed by atoms with Crippen molar-refractivity contribution in [1.29, 1.82) is 0 Å². The summed E-state index contributed by atoms with van der Waals surface area (Å²) < 4.78 is 5.70. The van der Waals surface area contributed by atoms with Gasteiger partial charge in [-0.1, -0.05) is 26.0 Å². The van der Waals surface area contributed by atoms with E-state index in [1.807, 2.05) is 14.0 Å². The Morgan fingerprint density at radius 2 is 1.86 bits per heavy atom. The lowest BCUT2D eigenvalue weighted by molar-refractivity contribution is 0.292. The summed E-state index contributed by atoms with van der Waals surface area (Å²) in [4.78, 5) is 15.6. The number of aromatic nitrogens is 3. The van der Waals surface area contributed by atoms with Gasteiger partial charge in [-0.25, -0.2) is 0 Å². The third kappa shape index (κ3) is 7.30. The van der Waals surface area contributed by atoms with Crippen molar-refractivity contribution in [3.05, 3.63) is 35.2 Å². The number of hydrazone groups is 1. The van der Waals surface area contributed by atoms with Gasteiger partial charge in [0.2, 0.25) is 5.95 Å². The lowest BCUT2D eigenvalue weighted by Crippen LogP contribution is -2.28. The van der Waals surface area contributed by atoms with Crippen LogP contribution in [0.1, 0.15) is 43.6 Å². The molecule has 2 rings (SSSR count). The van der Waals surface area contributed by atoms with Gasteiger partial charge in [0.1, 0.15) is 6.61 Å². The zero-order valence-corrected chi connectivity index (χ0v) is 18.2. The van der Waals surface area contributed by atoms with Crippen molar-refractivity contribution in [2.24, 2.45) is 5.10 Å². The molecule has 0 saturated heterocycles. The number of nitrogens with zero attached hydrogens (tertiary/aromatic N) is 5. The van der Waals surface area contributed by atoms with Gasteiger partial charge in [0.25, 0.3) is 0 Å². The highest BCUT2D eigenvalue weighted by atomic mass is 16.5. The predicted octanol–water partition coefficient (Wildman–Crippen LogP) is 3.16. The second kappa shape index (κ2) is 12.0. The Balaban J connectivity index is 2.24. The van der Waals surface area contributed by atoms with Crippen LogP contribution in [0, 0.1) is 13.8 Å². The molecule has 1 heterocycles. The molecule has 0 aliphatic carbocycles. The van der Waals surface area contributed by atoms with E-state index >= 15 is 0 Å². The fourth-order valence-electron chi connectivity index (χ4n) is 2.74. The van der Waals surface area contributed by atoms with Gasteiger partial charge < -0.3 is 15.0 Å². The van der Waals surface area contributed by atoms with Gasteiger partial charge in [-0.2, -0.15) is 20.1 Å². The summed E-state index contributed by atoms with van der Waals surface area (Å²) in [6.45, 7) is 11.3. The van der Waals surface area contributed by atoms with Crippen LogP contribution in [0.3, 0.4) is 0 Å². The normalized spacial score (nSPS) is 11.1. The first-order valence-corrected chi connectivity index (χ1v) is 10.2. The SMILES string of the molecule is CCCN(CCC)c1nc(/C=N/Nc2cc(C)ccc2C)nc(OCCNC)n1. The number of benzene rings is 1. The maximum absolute atomic E-state index is 5.70. The second-order valence-electron chi connectivity index (χ2n) is 6.90. The minimum atomic E-state index is 0.315. The molecule has 1 aromatic carbocycles. The quantitative estimate of drug-likeness (QED) is 0.322. The Bertz CT molecular complexity index is 789. The average Bonchev–Trinajstić information content (AvgIpc) is 2.70. The molecule has 1 aromatic heterocycles. The largest absolute Gasteiger partial charge is 0.462 e. The van der Waals surface area contributed by atoms with Crippen molar-refractivity contribution in [1.82, 2.24) is 20.3 Å². The number of anilines is 2. The van der Waals surface area contributed by atoms with Crippen molar-refractivity contribution in [2.75, 3.05) is 43.6 Å². The summed E-state index contributed by atoms with van der Waals surface area (Å²) in [6, 6.07) is 6.51. The highest BCUT2D eigenvalue weighted by Crippen LogP contribution is 2.16.